The maximum Gasteiger partial charge on any atom is 0.265 e. The molecule has 2 rings (SSSR count). The fraction of sp³-hybridized carbons (Fsp3) is 0.176. The first kappa shape index (κ1) is 16.8. The van der Waals surface area contributed by atoms with Crippen molar-refractivity contribution in [1.29, 1.82) is 0 Å². The smallest absolute Gasteiger partial charge is 0.265 e. The number of benzene rings is 2. The summed E-state index contributed by atoms with van der Waals surface area (Å²) in [5.41, 5.74) is 0.805. The molecule has 2 aromatic rings. The largest absolute Gasteiger partial charge is 0.479 e. The normalized spacial score (nSPS) is 11.4. The van der Waals surface area contributed by atoms with Crippen molar-refractivity contribution in [3.8, 4) is 5.75 Å². The molecular weight excluding hydrogens is 316 g/mol. The summed E-state index contributed by atoms with van der Waals surface area (Å²) in [6, 6.07) is 13.7. The van der Waals surface area contributed by atoms with Gasteiger partial charge in [0.05, 0.1) is 16.3 Å². The average molecular weight is 333 g/mol. The van der Waals surface area contributed by atoms with Crippen LogP contribution in [0, 0.1) is 0 Å². The molecule has 23 heavy (non-hydrogen) atoms. The first-order valence-corrected chi connectivity index (χ1v) is 7.44. The topological polar surface area (TPSA) is 67.4 Å². The number of nitrogens with one attached hydrogen (secondary N) is 2. The Labute approximate surface area is 139 Å². The molecule has 0 radical (unpaired) electrons. The van der Waals surface area contributed by atoms with Crippen molar-refractivity contribution in [1.82, 2.24) is 5.32 Å². The second-order valence-electron chi connectivity index (χ2n) is 4.80. The number of hydrogen-bond donors (Lipinski definition) is 2. The molecule has 1 atom stereocenters. The van der Waals surface area contributed by atoms with Gasteiger partial charge in [0, 0.05) is 7.05 Å². The van der Waals surface area contributed by atoms with Crippen LogP contribution in [0.15, 0.2) is 48.5 Å². The monoisotopic (exact) mass is 332 g/mol. The van der Waals surface area contributed by atoms with Gasteiger partial charge >= 0.3 is 0 Å². The average Bonchev–Trinajstić information content (AvgIpc) is 2.56. The molecule has 2 amide bonds. The van der Waals surface area contributed by atoms with Gasteiger partial charge in [-0.1, -0.05) is 35.9 Å². The van der Waals surface area contributed by atoms with Gasteiger partial charge in [0.15, 0.2) is 6.10 Å². The number of anilines is 1. The minimum atomic E-state index is -0.771. The molecule has 1 unspecified atom stereocenters. The van der Waals surface area contributed by atoms with Crippen LogP contribution in [0.5, 0.6) is 5.75 Å². The zero-order valence-electron chi connectivity index (χ0n) is 12.8. The van der Waals surface area contributed by atoms with E-state index in [1.54, 1.807) is 55.5 Å². The molecule has 0 aliphatic heterocycles. The molecule has 0 aliphatic carbocycles. The summed E-state index contributed by atoms with van der Waals surface area (Å²) in [6.07, 6.45) is -0.771. The van der Waals surface area contributed by atoms with Crippen LogP contribution in [0.4, 0.5) is 5.69 Å². The third-order valence-electron chi connectivity index (χ3n) is 3.17. The number of carbonyl (C=O) groups is 2. The maximum atomic E-state index is 12.3. The van der Waals surface area contributed by atoms with Crippen molar-refractivity contribution in [3.05, 3.63) is 59.1 Å². The van der Waals surface area contributed by atoms with Gasteiger partial charge in [-0.05, 0) is 31.2 Å². The lowest BCUT2D eigenvalue weighted by atomic mass is 10.1. The highest BCUT2D eigenvalue weighted by molar-refractivity contribution is 6.32. The van der Waals surface area contributed by atoms with E-state index in [2.05, 4.69) is 10.6 Å². The number of hydrogen-bond acceptors (Lipinski definition) is 3. The lowest BCUT2D eigenvalue weighted by Gasteiger charge is -2.16. The zero-order chi connectivity index (χ0) is 16.8. The van der Waals surface area contributed by atoms with Gasteiger partial charge in [-0.25, -0.2) is 0 Å². The van der Waals surface area contributed by atoms with E-state index in [0.717, 1.165) is 0 Å². The van der Waals surface area contributed by atoms with Crippen LogP contribution < -0.4 is 15.4 Å². The van der Waals surface area contributed by atoms with Crippen molar-refractivity contribution in [2.45, 2.75) is 13.0 Å². The Bertz CT molecular complexity index is 718. The Morgan fingerprint density at radius 1 is 1.09 bits per heavy atom. The van der Waals surface area contributed by atoms with Gasteiger partial charge in [0.2, 0.25) is 0 Å². The summed E-state index contributed by atoms with van der Waals surface area (Å²) >= 11 is 6.01. The lowest BCUT2D eigenvalue weighted by molar-refractivity contribution is -0.122. The molecule has 120 valence electrons. The zero-order valence-corrected chi connectivity index (χ0v) is 13.6. The first-order valence-electron chi connectivity index (χ1n) is 7.06. The van der Waals surface area contributed by atoms with Gasteiger partial charge < -0.3 is 15.4 Å². The van der Waals surface area contributed by atoms with Gasteiger partial charge in [-0.3, -0.25) is 9.59 Å². The Balaban J connectivity index is 2.10. The van der Waals surface area contributed by atoms with E-state index in [-0.39, 0.29) is 11.8 Å². The van der Waals surface area contributed by atoms with Crippen LogP contribution in [0.2, 0.25) is 5.02 Å². The lowest BCUT2D eigenvalue weighted by Crippen LogP contribution is -2.31. The van der Waals surface area contributed by atoms with Gasteiger partial charge in [-0.2, -0.15) is 0 Å². The molecular formula is C17H17ClN2O3. The highest BCUT2D eigenvalue weighted by Crippen LogP contribution is 2.24. The van der Waals surface area contributed by atoms with Crippen molar-refractivity contribution in [2.75, 3.05) is 12.4 Å². The fourth-order valence-electron chi connectivity index (χ4n) is 1.94. The predicted octanol–water partition coefficient (Wildman–Crippen LogP) is 3.11. The van der Waals surface area contributed by atoms with Crippen molar-refractivity contribution in [2.24, 2.45) is 0 Å². The van der Waals surface area contributed by atoms with E-state index in [4.69, 9.17) is 16.3 Å². The fourth-order valence-corrected chi connectivity index (χ4v) is 2.12. The van der Waals surface area contributed by atoms with Crippen LogP contribution in [-0.2, 0) is 4.79 Å². The van der Waals surface area contributed by atoms with E-state index in [0.29, 0.717) is 22.0 Å². The minimum Gasteiger partial charge on any atom is -0.479 e. The molecule has 2 N–H and O–H groups in total. The van der Waals surface area contributed by atoms with Crippen LogP contribution in [0.1, 0.15) is 17.3 Å². The van der Waals surface area contributed by atoms with Crippen LogP contribution in [0.3, 0.4) is 0 Å². The van der Waals surface area contributed by atoms with Crippen LogP contribution in [-0.4, -0.2) is 25.0 Å². The molecule has 0 fully saturated rings. The Hall–Kier alpha value is -2.53. The number of halogens is 1. The number of ether oxygens (including phenoxy) is 1. The second-order valence-corrected chi connectivity index (χ2v) is 5.21. The highest BCUT2D eigenvalue weighted by Gasteiger charge is 2.18. The summed E-state index contributed by atoms with van der Waals surface area (Å²) in [5.74, 6) is -0.224. The quantitative estimate of drug-likeness (QED) is 0.884. The van der Waals surface area contributed by atoms with E-state index >= 15 is 0 Å². The molecule has 0 saturated carbocycles. The molecule has 0 aromatic heterocycles. The predicted molar refractivity (Wildman–Crippen MR) is 90.0 cm³/mol. The summed E-state index contributed by atoms with van der Waals surface area (Å²) in [4.78, 5) is 24.1. The molecule has 0 heterocycles. The Morgan fingerprint density at radius 2 is 1.74 bits per heavy atom. The van der Waals surface area contributed by atoms with Crippen molar-refractivity contribution < 1.29 is 14.3 Å². The third-order valence-corrected chi connectivity index (χ3v) is 3.48. The van der Waals surface area contributed by atoms with Gasteiger partial charge in [0.1, 0.15) is 5.75 Å². The molecule has 0 spiro atoms. The first-order chi connectivity index (χ1) is 11.0. The van der Waals surface area contributed by atoms with E-state index in [1.165, 1.54) is 7.05 Å². The minimum absolute atomic E-state index is 0.277. The van der Waals surface area contributed by atoms with Gasteiger partial charge in [-0.15, -0.1) is 0 Å². The standard InChI is InChI=1S/C17H17ClN2O3/c1-11(23-15-10-6-4-8-13(15)18)16(21)20-14-9-5-3-7-12(14)17(22)19-2/h3-11H,1-2H3,(H,19,22)(H,20,21). The highest BCUT2D eigenvalue weighted by atomic mass is 35.5. The number of para-hydroxylation sites is 2. The summed E-state index contributed by atoms with van der Waals surface area (Å²) in [5, 5.41) is 5.66. The molecule has 2 aromatic carbocycles. The van der Waals surface area contributed by atoms with Crippen LogP contribution in [0.25, 0.3) is 0 Å². The molecule has 5 nitrogen and oxygen atoms in total. The molecule has 0 saturated heterocycles. The molecule has 0 bridgehead atoms. The Morgan fingerprint density at radius 3 is 2.43 bits per heavy atom. The van der Waals surface area contributed by atoms with E-state index in [1.807, 2.05) is 0 Å². The summed E-state index contributed by atoms with van der Waals surface area (Å²) in [6.45, 7) is 1.61. The van der Waals surface area contributed by atoms with E-state index < -0.39 is 6.10 Å². The number of rotatable bonds is 5. The molecule has 6 heteroatoms. The van der Waals surface area contributed by atoms with Crippen LogP contribution >= 0.6 is 11.6 Å². The SMILES string of the molecule is CNC(=O)c1ccccc1NC(=O)C(C)Oc1ccccc1Cl. The van der Waals surface area contributed by atoms with Crippen molar-refractivity contribution >= 4 is 29.1 Å². The summed E-state index contributed by atoms with van der Waals surface area (Å²) < 4.78 is 5.56. The second kappa shape index (κ2) is 7.65. The Kier molecular flexibility index (Phi) is 5.60. The summed E-state index contributed by atoms with van der Waals surface area (Å²) in [7, 11) is 1.53. The van der Waals surface area contributed by atoms with Gasteiger partial charge in [0.25, 0.3) is 11.8 Å². The maximum absolute atomic E-state index is 12.3. The van der Waals surface area contributed by atoms with E-state index in [9.17, 15) is 9.59 Å². The molecule has 0 aliphatic rings. The number of amides is 2. The van der Waals surface area contributed by atoms with Crippen molar-refractivity contribution in [3.63, 3.8) is 0 Å². The number of carbonyl (C=O) groups excluding carboxylic acids is 2. The third kappa shape index (κ3) is 4.23.